The first-order chi connectivity index (χ1) is 9.61. The SMILES string of the molecule is CCn1cc(C(=O)C2CCCN2)c2cc(Cl)c(F)cc21. The van der Waals surface area contributed by atoms with Crippen molar-refractivity contribution < 1.29 is 9.18 Å². The predicted molar refractivity (Wildman–Crippen MR) is 77.9 cm³/mol. The van der Waals surface area contributed by atoms with E-state index in [1.54, 1.807) is 6.07 Å². The van der Waals surface area contributed by atoms with Crippen molar-refractivity contribution in [2.45, 2.75) is 32.4 Å². The number of fused-ring (bicyclic) bond motifs is 1. The maximum atomic E-state index is 13.6. The zero-order valence-electron chi connectivity index (χ0n) is 11.2. The number of carbonyl (C=O) groups excluding carboxylic acids is 1. The Morgan fingerprint density at radius 1 is 1.55 bits per heavy atom. The predicted octanol–water partition coefficient (Wildman–Crippen LogP) is 3.39. The lowest BCUT2D eigenvalue weighted by Crippen LogP contribution is -2.30. The van der Waals surface area contributed by atoms with Crippen molar-refractivity contribution in [3.8, 4) is 0 Å². The third-order valence-electron chi connectivity index (χ3n) is 3.91. The van der Waals surface area contributed by atoms with Gasteiger partial charge in [0.2, 0.25) is 0 Å². The molecule has 1 aliphatic rings. The second-order valence-corrected chi connectivity index (χ2v) is 5.53. The van der Waals surface area contributed by atoms with Gasteiger partial charge in [0.15, 0.2) is 5.78 Å². The van der Waals surface area contributed by atoms with E-state index in [2.05, 4.69) is 5.32 Å². The third-order valence-corrected chi connectivity index (χ3v) is 4.20. The molecule has 3 nitrogen and oxygen atoms in total. The first kappa shape index (κ1) is 13.6. The molecule has 1 N–H and O–H groups in total. The number of hydrogen-bond acceptors (Lipinski definition) is 2. The van der Waals surface area contributed by atoms with Crippen molar-refractivity contribution >= 4 is 28.3 Å². The van der Waals surface area contributed by atoms with Gasteiger partial charge in [0.05, 0.1) is 16.6 Å². The summed E-state index contributed by atoms with van der Waals surface area (Å²) in [5, 5.41) is 4.00. The molecule has 1 aromatic carbocycles. The van der Waals surface area contributed by atoms with Gasteiger partial charge in [-0.1, -0.05) is 11.6 Å². The smallest absolute Gasteiger partial charge is 0.181 e. The van der Waals surface area contributed by atoms with Gasteiger partial charge in [-0.3, -0.25) is 4.79 Å². The summed E-state index contributed by atoms with van der Waals surface area (Å²) in [6.45, 7) is 3.52. The topological polar surface area (TPSA) is 34.0 Å². The van der Waals surface area contributed by atoms with E-state index in [4.69, 9.17) is 11.6 Å². The highest BCUT2D eigenvalue weighted by Gasteiger charge is 2.26. The number of nitrogens with one attached hydrogen (secondary N) is 1. The summed E-state index contributed by atoms with van der Waals surface area (Å²) in [5.41, 5.74) is 1.35. The molecule has 1 atom stereocenters. The molecule has 3 rings (SSSR count). The molecule has 0 amide bonds. The number of benzene rings is 1. The van der Waals surface area contributed by atoms with Gasteiger partial charge < -0.3 is 9.88 Å². The summed E-state index contributed by atoms with van der Waals surface area (Å²) in [6.07, 6.45) is 3.67. The van der Waals surface area contributed by atoms with Crippen LogP contribution in [0.5, 0.6) is 0 Å². The van der Waals surface area contributed by atoms with Crippen molar-refractivity contribution in [3.05, 3.63) is 34.7 Å². The third kappa shape index (κ3) is 2.13. The number of aryl methyl sites for hydroxylation is 1. The lowest BCUT2D eigenvalue weighted by molar-refractivity contribution is 0.0954. The van der Waals surface area contributed by atoms with Crippen molar-refractivity contribution in [2.75, 3.05) is 6.54 Å². The van der Waals surface area contributed by atoms with Crippen LogP contribution in [-0.2, 0) is 6.54 Å². The van der Waals surface area contributed by atoms with Crippen LogP contribution in [0.25, 0.3) is 10.9 Å². The number of rotatable bonds is 3. The lowest BCUT2D eigenvalue weighted by atomic mass is 10.0. The van der Waals surface area contributed by atoms with Gasteiger partial charge in [0, 0.05) is 23.7 Å². The van der Waals surface area contributed by atoms with Crippen LogP contribution in [0, 0.1) is 5.82 Å². The Bertz CT molecular complexity index is 674. The number of hydrogen-bond donors (Lipinski definition) is 1. The van der Waals surface area contributed by atoms with Gasteiger partial charge in [-0.05, 0) is 38.4 Å². The van der Waals surface area contributed by atoms with Crippen LogP contribution in [0.15, 0.2) is 18.3 Å². The summed E-state index contributed by atoms with van der Waals surface area (Å²) in [4.78, 5) is 12.6. The average Bonchev–Trinajstić information content (AvgIpc) is 3.06. The minimum atomic E-state index is -0.454. The summed E-state index contributed by atoms with van der Waals surface area (Å²) in [6, 6.07) is 2.83. The maximum absolute atomic E-state index is 13.6. The molecule has 2 aromatic rings. The molecule has 1 fully saturated rings. The van der Waals surface area contributed by atoms with E-state index in [9.17, 15) is 9.18 Å². The molecular weight excluding hydrogens is 279 g/mol. The Hall–Kier alpha value is -1.39. The zero-order chi connectivity index (χ0) is 14.3. The van der Waals surface area contributed by atoms with Crippen LogP contribution in [0.1, 0.15) is 30.1 Å². The lowest BCUT2D eigenvalue weighted by Gasteiger charge is -2.07. The van der Waals surface area contributed by atoms with Crippen LogP contribution >= 0.6 is 11.6 Å². The highest BCUT2D eigenvalue weighted by atomic mass is 35.5. The Balaban J connectivity index is 2.15. The van der Waals surface area contributed by atoms with Crippen LogP contribution in [0.4, 0.5) is 4.39 Å². The first-order valence-corrected chi connectivity index (χ1v) is 7.25. The van der Waals surface area contributed by atoms with Crippen molar-refractivity contribution in [1.82, 2.24) is 9.88 Å². The Kier molecular flexibility index (Phi) is 3.52. The van der Waals surface area contributed by atoms with Gasteiger partial charge in [-0.15, -0.1) is 0 Å². The first-order valence-electron chi connectivity index (χ1n) is 6.87. The number of nitrogens with zero attached hydrogens (tertiary/aromatic N) is 1. The quantitative estimate of drug-likeness (QED) is 0.881. The van der Waals surface area contributed by atoms with E-state index in [-0.39, 0.29) is 16.8 Å². The summed E-state index contributed by atoms with van der Waals surface area (Å²) < 4.78 is 15.5. The zero-order valence-corrected chi connectivity index (χ0v) is 12.0. The Labute approximate surface area is 121 Å². The molecule has 0 spiro atoms. The molecule has 0 radical (unpaired) electrons. The van der Waals surface area contributed by atoms with Crippen molar-refractivity contribution in [1.29, 1.82) is 0 Å². The number of halogens is 2. The standard InChI is InChI=1S/C15H16ClFN2O/c1-2-19-8-10(15(20)13-4-3-5-18-13)9-6-11(16)12(17)7-14(9)19/h6-8,13,18H,2-5H2,1H3. The molecule has 0 bridgehead atoms. The number of Topliss-reactive ketones (excluding diaryl/α,β-unsaturated/α-hetero) is 1. The molecule has 1 saturated heterocycles. The van der Waals surface area contributed by atoms with E-state index in [0.29, 0.717) is 12.1 Å². The molecule has 1 aromatic heterocycles. The van der Waals surface area contributed by atoms with E-state index in [0.717, 1.165) is 30.3 Å². The second-order valence-electron chi connectivity index (χ2n) is 5.13. The molecular formula is C15H16ClFN2O. The Morgan fingerprint density at radius 3 is 3.00 bits per heavy atom. The molecule has 1 aliphatic heterocycles. The number of aromatic nitrogens is 1. The van der Waals surface area contributed by atoms with Gasteiger partial charge in [-0.25, -0.2) is 4.39 Å². The highest BCUT2D eigenvalue weighted by Crippen LogP contribution is 2.29. The molecule has 0 aliphatic carbocycles. The maximum Gasteiger partial charge on any atom is 0.181 e. The minimum absolute atomic E-state index is 0.0554. The van der Waals surface area contributed by atoms with Gasteiger partial charge in [-0.2, -0.15) is 0 Å². The van der Waals surface area contributed by atoms with E-state index in [1.165, 1.54) is 6.07 Å². The van der Waals surface area contributed by atoms with Gasteiger partial charge in [0.25, 0.3) is 0 Å². The highest BCUT2D eigenvalue weighted by molar-refractivity contribution is 6.31. The number of carbonyl (C=O) groups is 1. The fourth-order valence-corrected chi connectivity index (χ4v) is 3.00. The van der Waals surface area contributed by atoms with E-state index >= 15 is 0 Å². The number of ketones is 1. The van der Waals surface area contributed by atoms with E-state index in [1.807, 2.05) is 17.7 Å². The van der Waals surface area contributed by atoms with Crippen LogP contribution in [-0.4, -0.2) is 22.9 Å². The average molecular weight is 295 g/mol. The summed E-state index contributed by atoms with van der Waals surface area (Å²) in [5.74, 6) is -0.382. The second kappa shape index (κ2) is 5.19. The fraction of sp³-hybridized carbons (Fsp3) is 0.400. The monoisotopic (exact) mass is 294 g/mol. The summed E-state index contributed by atoms with van der Waals surface area (Å²) in [7, 11) is 0. The van der Waals surface area contributed by atoms with Crippen molar-refractivity contribution in [3.63, 3.8) is 0 Å². The summed E-state index contributed by atoms with van der Waals surface area (Å²) >= 11 is 5.87. The fourth-order valence-electron chi connectivity index (χ4n) is 2.84. The molecule has 106 valence electrons. The van der Waals surface area contributed by atoms with Gasteiger partial charge >= 0.3 is 0 Å². The van der Waals surface area contributed by atoms with Crippen molar-refractivity contribution in [2.24, 2.45) is 0 Å². The molecule has 1 unspecified atom stereocenters. The molecule has 5 heteroatoms. The van der Waals surface area contributed by atoms with Crippen LogP contribution in [0.3, 0.4) is 0 Å². The van der Waals surface area contributed by atoms with Crippen LogP contribution in [0.2, 0.25) is 5.02 Å². The van der Waals surface area contributed by atoms with E-state index < -0.39 is 5.82 Å². The Morgan fingerprint density at radius 2 is 2.35 bits per heavy atom. The molecule has 2 heterocycles. The largest absolute Gasteiger partial charge is 0.347 e. The molecule has 0 saturated carbocycles. The normalized spacial score (nSPS) is 18.9. The minimum Gasteiger partial charge on any atom is -0.347 e. The van der Waals surface area contributed by atoms with Crippen LogP contribution < -0.4 is 5.32 Å². The van der Waals surface area contributed by atoms with Gasteiger partial charge in [0.1, 0.15) is 5.82 Å². The molecule has 20 heavy (non-hydrogen) atoms.